The Morgan fingerprint density at radius 2 is 1.95 bits per heavy atom. The molecule has 2 aromatic rings. The molecule has 1 unspecified atom stereocenters. The van der Waals surface area contributed by atoms with Crippen LogP contribution in [0.2, 0.25) is 0 Å². The van der Waals surface area contributed by atoms with E-state index in [1.807, 2.05) is 0 Å². The number of halogens is 3. The Kier molecular flexibility index (Phi) is 4.07. The molecular weight excluding hydrogens is 291 g/mol. The van der Waals surface area contributed by atoms with Crippen LogP contribution in [0.1, 0.15) is 23.8 Å². The molecule has 2 heterocycles. The lowest BCUT2D eigenvalue weighted by Gasteiger charge is -2.14. The molecule has 2 rings (SSSR count). The predicted molar refractivity (Wildman–Crippen MR) is 70.7 cm³/mol. The van der Waals surface area contributed by atoms with Gasteiger partial charge in [0, 0.05) is 24.7 Å². The summed E-state index contributed by atoms with van der Waals surface area (Å²) in [7, 11) is 1.50. The zero-order valence-corrected chi connectivity index (χ0v) is 11.5. The number of aromatic nitrogens is 3. The average molecular weight is 303 g/mol. The topological polar surface area (TPSA) is 62.7 Å². The maximum absolute atomic E-state index is 12.7. The summed E-state index contributed by atoms with van der Waals surface area (Å²) in [5, 5.41) is 8.04. The highest BCUT2D eigenvalue weighted by Gasteiger charge is 2.35. The zero-order chi connectivity index (χ0) is 14.8. The van der Waals surface area contributed by atoms with Gasteiger partial charge in [0.2, 0.25) is 5.82 Å². The van der Waals surface area contributed by atoms with Crippen LogP contribution in [0.15, 0.2) is 17.6 Å². The third-order valence-electron chi connectivity index (χ3n) is 2.42. The highest BCUT2D eigenvalue weighted by molar-refractivity contribution is 7.09. The Hall–Kier alpha value is -1.90. The van der Waals surface area contributed by atoms with E-state index in [4.69, 9.17) is 0 Å². The van der Waals surface area contributed by atoms with Crippen LogP contribution in [0.4, 0.5) is 24.8 Å². The minimum atomic E-state index is -4.59. The highest BCUT2D eigenvalue weighted by atomic mass is 32.1. The fraction of sp³-hybridized carbons (Fsp3) is 0.364. The Balaban J connectivity index is 2.27. The minimum absolute atomic E-state index is 0.0966. The number of thiazole rings is 1. The van der Waals surface area contributed by atoms with Crippen LogP contribution >= 0.6 is 11.3 Å². The molecule has 0 saturated carbocycles. The van der Waals surface area contributed by atoms with E-state index < -0.39 is 12.0 Å². The van der Waals surface area contributed by atoms with Gasteiger partial charge in [0.25, 0.3) is 0 Å². The molecule has 0 bridgehead atoms. The second-order valence-electron chi connectivity index (χ2n) is 3.95. The van der Waals surface area contributed by atoms with Gasteiger partial charge in [-0.2, -0.15) is 13.2 Å². The molecule has 5 nitrogen and oxygen atoms in total. The molecule has 0 aromatic carbocycles. The lowest BCUT2D eigenvalue weighted by atomic mass is 10.3. The van der Waals surface area contributed by atoms with E-state index in [9.17, 15) is 13.2 Å². The van der Waals surface area contributed by atoms with Crippen molar-refractivity contribution in [3.05, 3.63) is 28.5 Å². The average Bonchev–Trinajstić information content (AvgIpc) is 2.91. The van der Waals surface area contributed by atoms with E-state index in [0.717, 1.165) is 5.01 Å². The summed E-state index contributed by atoms with van der Waals surface area (Å²) in [6.07, 6.45) is -2.95. The first kappa shape index (κ1) is 14.5. The molecule has 1 atom stereocenters. The van der Waals surface area contributed by atoms with Crippen molar-refractivity contribution >= 4 is 23.0 Å². The maximum atomic E-state index is 12.7. The molecule has 0 aliphatic heterocycles. The molecule has 0 amide bonds. The second kappa shape index (κ2) is 5.61. The lowest BCUT2D eigenvalue weighted by Crippen LogP contribution is -2.15. The highest BCUT2D eigenvalue weighted by Crippen LogP contribution is 2.29. The summed E-state index contributed by atoms with van der Waals surface area (Å²) in [6.45, 7) is 1.80. The first-order valence-corrected chi connectivity index (χ1v) is 6.58. The van der Waals surface area contributed by atoms with Gasteiger partial charge in [-0.1, -0.05) is 0 Å². The van der Waals surface area contributed by atoms with Crippen LogP contribution in [-0.2, 0) is 6.18 Å². The summed E-state index contributed by atoms with van der Waals surface area (Å²) >= 11 is 1.42. The van der Waals surface area contributed by atoms with Gasteiger partial charge in [0.1, 0.15) is 16.6 Å². The standard InChI is InChI=1S/C11H12F3N5S/c1-6(9-16-3-4-20-9)17-8-5-7(15-2)18-10(19-8)11(12,13)14/h3-6H,1-2H3,(H2,15,17,18,19). The first-order chi connectivity index (χ1) is 9.40. The van der Waals surface area contributed by atoms with Crippen LogP contribution in [-0.4, -0.2) is 22.0 Å². The van der Waals surface area contributed by atoms with E-state index >= 15 is 0 Å². The van der Waals surface area contributed by atoms with Gasteiger partial charge < -0.3 is 10.6 Å². The van der Waals surface area contributed by atoms with E-state index in [-0.39, 0.29) is 17.7 Å². The smallest absolute Gasteiger partial charge is 0.373 e. The monoisotopic (exact) mass is 303 g/mol. The molecule has 0 fully saturated rings. The van der Waals surface area contributed by atoms with Gasteiger partial charge >= 0.3 is 6.18 Å². The van der Waals surface area contributed by atoms with Crippen LogP contribution < -0.4 is 10.6 Å². The fourth-order valence-corrected chi connectivity index (χ4v) is 2.15. The van der Waals surface area contributed by atoms with E-state index in [1.165, 1.54) is 24.5 Å². The summed E-state index contributed by atoms with van der Waals surface area (Å²) in [6, 6.07) is 1.18. The van der Waals surface area contributed by atoms with Crippen LogP contribution in [0.3, 0.4) is 0 Å². The molecule has 9 heteroatoms. The number of nitrogens with zero attached hydrogens (tertiary/aromatic N) is 3. The molecular formula is C11H12F3N5S. The maximum Gasteiger partial charge on any atom is 0.451 e. The Labute approximate surface area is 117 Å². The summed E-state index contributed by atoms with van der Waals surface area (Å²) in [4.78, 5) is 11.0. The number of anilines is 2. The molecule has 20 heavy (non-hydrogen) atoms. The Morgan fingerprint density at radius 3 is 2.50 bits per heavy atom. The molecule has 0 saturated heterocycles. The van der Waals surface area contributed by atoms with Crippen molar-refractivity contribution in [1.82, 2.24) is 15.0 Å². The van der Waals surface area contributed by atoms with Crippen LogP contribution in [0, 0.1) is 0 Å². The van der Waals surface area contributed by atoms with E-state index in [1.54, 1.807) is 18.5 Å². The van der Waals surface area contributed by atoms with Crippen molar-refractivity contribution in [3.63, 3.8) is 0 Å². The van der Waals surface area contributed by atoms with Crippen LogP contribution in [0.5, 0.6) is 0 Å². The van der Waals surface area contributed by atoms with Gasteiger partial charge in [-0.25, -0.2) is 15.0 Å². The zero-order valence-electron chi connectivity index (χ0n) is 10.7. The molecule has 0 spiro atoms. The van der Waals surface area contributed by atoms with Crippen molar-refractivity contribution in [2.45, 2.75) is 19.1 Å². The first-order valence-electron chi connectivity index (χ1n) is 5.70. The van der Waals surface area contributed by atoms with Crippen molar-refractivity contribution in [2.24, 2.45) is 0 Å². The lowest BCUT2D eigenvalue weighted by molar-refractivity contribution is -0.144. The molecule has 0 aliphatic rings. The molecule has 2 aromatic heterocycles. The van der Waals surface area contributed by atoms with Gasteiger partial charge in [-0.3, -0.25) is 0 Å². The van der Waals surface area contributed by atoms with Crippen molar-refractivity contribution in [3.8, 4) is 0 Å². The quantitative estimate of drug-likeness (QED) is 0.908. The van der Waals surface area contributed by atoms with Gasteiger partial charge in [-0.15, -0.1) is 11.3 Å². The van der Waals surface area contributed by atoms with E-state index in [0.29, 0.717) is 0 Å². The van der Waals surface area contributed by atoms with Crippen molar-refractivity contribution in [1.29, 1.82) is 0 Å². The van der Waals surface area contributed by atoms with Crippen molar-refractivity contribution in [2.75, 3.05) is 17.7 Å². The number of hydrogen-bond donors (Lipinski definition) is 2. The summed E-state index contributed by atoms with van der Waals surface area (Å²) < 4.78 is 38.1. The molecule has 2 N–H and O–H groups in total. The Bertz CT molecular complexity index is 570. The number of rotatable bonds is 4. The van der Waals surface area contributed by atoms with Gasteiger partial charge in [0.05, 0.1) is 6.04 Å². The molecule has 0 aliphatic carbocycles. The predicted octanol–water partition coefficient (Wildman–Crippen LogP) is 3.17. The van der Waals surface area contributed by atoms with Gasteiger partial charge in [-0.05, 0) is 6.92 Å². The van der Waals surface area contributed by atoms with Crippen molar-refractivity contribution < 1.29 is 13.2 Å². The van der Waals surface area contributed by atoms with Gasteiger partial charge in [0.15, 0.2) is 0 Å². The number of alkyl halides is 3. The summed E-state index contributed by atoms with van der Waals surface area (Å²) in [5.41, 5.74) is 0. The molecule has 0 radical (unpaired) electrons. The third-order valence-corrected chi connectivity index (χ3v) is 3.38. The SMILES string of the molecule is CNc1cc(NC(C)c2nccs2)nc(C(F)(F)F)n1. The van der Waals surface area contributed by atoms with E-state index in [2.05, 4.69) is 25.6 Å². The minimum Gasteiger partial charge on any atom is -0.373 e. The fourth-order valence-electron chi connectivity index (χ4n) is 1.51. The number of hydrogen-bond acceptors (Lipinski definition) is 6. The number of nitrogens with one attached hydrogen (secondary N) is 2. The van der Waals surface area contributed by atoms with Crippen LogP contribution in [0.25, 0.3) is 0 Å². The second-order valence-corrected chi connectivity index (χ2v) is 4.87. The Morgan fingerprint density at radius 1 is 1.25 bits per heavy atom. The molecule has 108 valence electrons. The summed E-state index contributed by atoms with van der Waals surface area (Å²) in [5.74, 6) is -0.987. The normalized spacial score (nSPS) is 13.1. The largest absolute Gasteiger partial charge is 0.451 e. The third kappa shape index (κ3) is 3.35.